The second-order valence-electron chi connectivity index (χ2n) is 6.94. The monoisotopic (exact) mass is 453 g/mol. The summed E-state index contributed by atoms with van der Waals surface area (Å²) < 4.78 is 25.6. The molecule has 0 bridgehead atoms. The predicted octanol–water partition coefficient (Wildman–Crippen LogP) is 3.60. The molecule has 32 heavy (non-hydrogen) atoms. The van der Waals surface area contributed by atoms with Crippen molar-refractivity contribution >= 4 is 27.5 Å². The quantitative estimate of drug-likeness (QED) is 0.462. The molecule has 0 aliphatic rings. The number of para-hydroxylation sites is 1. The van der Waals surface area contributed by atoms with Crippen LogP contribution in [0.25, 0.3) is 21.3 Å². The third-order valence-corrected chi connectivity index (χ3v) is 5.93. The van der Waals surface area contributed by atoms with E-state index in [1.807, 2.05) is 11.4 Å². The third-order valence-electron chi connectivity index (χ3n) is 4.98. The smallest absolute Gasteiger partial charge is 0.271 e. The highest BCUT2D eigenvalue weighted by Crippen LogP contribution is 2.31. The number of carbonyl (C=O) groups is 1. The molecule has 9 heteroatoms. The Hall–Kier alpha value is -3.72. The van der Waals surface area contributed by atoms with Crippen molar-refractivity contribution in [2.24, 2.45) is 0 Å². The molecule has 0 saturated carbocycles. The highest BCUT2D eigenvalue weighted by atomic mass is 32.1. The fourth-order valence-electron chi connectivity index (χ4n) is 3.39. The number of nitrogens with zero attached hydrogens (tertiary/aromatic N) is 2. The molecule has 1 N–H and O–H groups in total. The van der Waals surface area contributed by atoms with E-state index >= 15 is 0 Å². The van der Waals surface area contributed by atoms with Gasteiger partial charge in [-0.05, 0) is 23.8 Å². The Morgan fingerprint density at radius 3 is 2.66 bits per heavy atom. The van der Waals surface area contributed by atoms with E-state index in [9.17, 15) is 14.0 Å². The summed E-state index contributed by atoms with van der Waals surface area (Å²) in [6, 6.07) is 11.4. The average Bonchev–Trinajstić information content (AvgIpc) is 3.24. The summed E-state index contributed by atoms with van der Waals surface area (Å²) in [6.45, 7) is 0.0508. The number of hydrogen-bond donors (Lipinski definition) is 1. The van der Waals surface area contributed by atoms with Crippen molar-refractivity contribution in [3.63, 3.8) is 0 Å². The van der Waals surface area contributed by atoms with Gasteiger partial charge in [-0.15, -0.1) is 11.3 Å². The number of halogens is 1. The van der Waals surface area contributed by atoms with Crippen LogP contribution in [0.1, 0.15) is 5.56 Å². The standard InChI is InChI=1S/C23H20FN3O4S/c1-30-18-5-3-4-15(21(18)31-2)10-25-19(28)11-27-13-26-20-17(12-32-22(20)23(27)29)14-6-8-16(24)9-7-14/h3-9,12-13H,10-11H2,1-2H3,(H,25,28). The van der Waals surface area contributed by atoms with E-state index in [1.165, 1.54) is 41.5 Å². The highest BCUT2D eigenvalue weighted by molar-refractivity contribution is 7.17. The van der Waals surface area contributed by atoms with Crippen LogP contribution < -0.4 is 20.3 Å². The van der Waals surface area contributed by atoms with Gasteiger partial charge in [-0.2, -0.15) is 0 Å². The van der Waals surface area contributed by atoms with Gasteiger partial charge in [0.15, 0.2) is 11.5 Å². The molecular weight excluding hydrogens is 433 g/mol. The number of fused-ring (bicyclic) bond motifs is 1. The van der Waals surface area contributed by atoms with Crippen molar-refractivity contribution < 1.29 is 18.7 Å². The molecule has 2 aromatic heterocycles. The maximum Gasteiger partial charge on any atom is 0.271 e. The van der Waals surface area contributed by atoms with Gasteiger partial charge in [0.25, 0.3) is 5.56 Å². The van der Waals surface area contributed by atoms with Crippen LogP contribution in [0, 0.1) is 5.82 Å². The lowest BCUT2D eigenvalue weighted by molar-refractivity contribution is -0.121. The lowest BCUT2D eigenvalue weighted by Gasteiger charge is -2.13. The summed E-state index contributed by atoms with van der Waals surface area (Å²) >= 11 is 1.25. The fourth-order valence-corrected chi connectivity index (χ4v) is 4.36. The summed E-state index contributed by atoms with van der Waals surface area (Å²) in [5, 5.41) is 4.60. The van der Waals surface area contributed by atoms with Gasteiger partial charge in [-0.25, -0.2) is 9.37 Å². The van der Waals surface area contributed by atoms with E-state index in [-0.39, 0.29) is 30.4 Å². The van der Waals surface area contributed by atoms with Crippen LogP contribution in [0.15, 0.2) is 59.0 Å². The molecule has 0 aliphatic carbocycles. The van der Waals surface area contributed by atoms with Crippen LogP contribution in [0.2, 0.25) is 0 Å². The van der Waals surface area contributed by atoms with Gasteiger partial charge in [0, 0.05) is 23.1 Å². The first kappa shape index (κ1) is 21.5. The minimum absolute atomic E-state index is 0.169. The van der Waals surface area contributed by atoms with Gasteiger partial charge in [-0.1, -0.05) is 24.3 Å². The number of hydrogen-bond acceptors (Lipinski definition) is 6. The molecule has 0 spiro atoms. The first-order valence-corrected chi connectivity index (χ1v) is 10.6. The first-order valence-electron chi connectivity index (χ1n) is 9.71. The average molecular weight is 453 g/mol. The van der Waals surface area contributed by atoms with Crippen LogP contribution in [0.5, 0.6) is 11.5 Å². The molecule has 0 atom stereocenters. The van der Waals surface area contributed by atoms with Gasteiger partial charge < -0.3 is 14.8 Å². The number of nitrogens with one attached hydrogen (secondary N) is 1. The van der Waals surface area contributed by atoms with E-state index in [1.54, 1.807) is 31.4 Å². The molecule has 164 valence electrons. The van der Waals surface area contributed by atoms with Gasteiger partial charge >= 0.3 is 0 Å². The zero-order valence-corrected chi connectivity index (χ0v) is 18.2. The van der Waals surface area contributed by atoms with Crippen LogP contribution in [-0.2, 0) is 17.9 Å². The largest absolute Gasteiger partial charge is 0.493 e. The number of aromatic nitrogens is 2. The van der Waals surface area contributed by atoms with Crippen LogP contribution in [0.4, 0.5) is 4.39 Å². The SMILES string of the molecule is COc1cccc(CNC(=O)Cn2cnc3c(-c4ccc(F)cc4)csc3c2=O)c1OC. The highest BCUT2D eigenvalue weighted by Gasteiger charge is 2.15. The zero-order valence-electron chi connectivity index (χ0n) is 17.4. The van der Waals surface area contributed by atoms with Crippen molar-refractivity contribution in [3.05, 3.63) is 75.9 Å². The molecule has 1 amide bonds. The Balaban J connectivity index is 1.51. The minimum atomic E-state index is -0.339. The maximum absolute atomic E-state index is 13.2. The number of thiophene rings is 1. The fraction of sp³-hybridized carbons (Fsp3) is 0.174. The molecule has 0 fully saturated rings. The summed E-state index contributed by atoms with van der Waals surface area (Å²) in [6.07, 6.45) is 1.36. The number of methoxy groups -OCH3 is 2. The number of amides is 1. The second-order valence-corrected chi connectivity index (χ2v) is 7.82. The van der Waals surface area contributed by atoms with Crippen LogP contribution in [-0.4, -0.2) is 29.7 Å². The maximum atomic E-state index is 13.2. The Kier molecular flexibility index (Phi) is 6.18. The Bertz CT molecular complexity index is 1330. The number of rotatable bonds is 7. The number of carbonyl (C=O) groups excluding carboxylic acids is 1. The molecular formula is C23H20FN3O4S. The Morgan fingerprint density at radius 1 is 1.16 bits per heavy atom. The van der Waals surface area contributed by atoms with Crippen molar-refractivity contribution in [2.45, 2.75) is 13.1 Å². The summed E-state index contributed by atoms with van der Waals surface area (Å²) in [5.74, 6) is 0.442. The Labute approximate surface area is 187 Å². The van der Waals surface area contributed by atoms with Crippen molar-refractivity contribution in [1.29, 1.82) is 0 Å². The third kappa shape index (κ3) is 4.19. The predicted molar refractivity (Wildman–Crippen MR) is 121 cm³/mol. The van der Waals surface area contributed by atoms with Gasteiger partial charge in [0.05, 0.1) is 26.1 Å². The molecule has 2 heterocycles. The minimum Gasteiger partial charge on any atom is -0.493 e. The van der Waals surface area contributed by atoms with Crippen molar-refractivity contribution in [2.75, 3.05) is 14.2 Å². The number of benzene rings is 2. The number of ether oxygens (including phenoxy) is 2. The van der Waals surface area contributed by atoms with Crippen molar-refractivity contribution in [1.82, 2.24) is 14.9 Å². The van der Waals surface area contributed by atoms with Gasteiger partial charge in [0.1, 0.15) is 17.1 Å². The Morgan fingerprint density at radius 2 is 1.94 bits per heavy atom. The summed E-state index contributed by atoms with van der Waals surface area (Å²) in [5.41, 5.74) is 2.51. The van der Waals surface area contributed by atoms with Gasteiger partial charge in [0.2, 0.25) is 5.91 Å². The van der Waals surface area contributed by atoms with Gasteiger partial charge in [-0.3, -0.25) is 14.2 Å². The topological polar surface area (TPSA) is 82.5 Å². The van der Waals surface area contributed by atoms with Crippen LogP contribution in [0.3, 0.4) is 0 Å². The lowest BCUT2D eigenvalue weighted by Crippen LogP contribution is -2.32. The summed E-state index contributed by atoms with van der Waals surface area (Å²) in [4.78, 5) is 29.7. The molecule has 0 saturated heterocycles. The molecule has 4 rings (SSSR count). The lowest BCUT2D eigenvalue weighted by atomic mass is 10.1. The molecule has 0 radical (unpaired) electrons. The zero-order chi connectivity index (χ0) is 22.7. The van der Waals surface area contributed by atoms with E-state index < -0.39 is 0 Å². The normalized spacial score (nSPS) is 10.8. The molecule has 7 nitrogen and oxygen atoms in total. The van der Waals surface area contributed by atoms with Crippen molar-refractivity contribution in [3.8, 4) is 22.6 Å². The van der Waals surface area contributed by atoms with E-state index in [0.29, 0.717) is 21.7 Å². The van der Waals surface area contributed by atoms with E-state index in [0.717, 1.165) is 16.7 Å². The molecule has 2 aromatic carbocycles. The molecule has 0 aliphatic heterocycles. The first-order chi connectivity index (χ1) is 15.5. The van der Waals surface area contributed by atoms with Crippen LogP contribution >= 0.6 is 11.3 Å². The molecule has 0 unspecified atom stereocenters. The van der Waals surface area contributed by atoms with E-state index in [4.69, 9.17) is 9.47 Å². The summed E-state index contributed by atoms with van der Waals surface area (Å²) in [7, 11) is 3.08. The second kappa shape index (κ2) is 9.19. The van der Waals surface area contributed by atoms with E-state index in [2.05, 4.69) is 10.3 Å². The molecule has 4 aromatic rings.